The summed E-state index contributed by atoms with van der Waals surface area (Å²) in [7, 11) is -3.86. The summed E-state index contributed by atoms with van der Waals surface area (Å²) < 4.78 is 77.1. The van der Waals surface area contributed by atoms with Crippen LogP contribution in [0.25, 0.3) is 22.2 Å². The van der Waals surface area contributed by atoms with Gasteiger partial charge in [0.15, 0.2) is 0 Å². The molecule has 3 heterocycles. The van der Waals surface area contributed by atoms with E-state index in [-0.39, 0.29) is 67.1 Å². The van der Waals surface area contributed by atoms with Gasteiger partial charge in [0.05, 0.1) is 5.56 Å². The molecule has 1 aliphatic heterocycles. The first-order chi connectivity index (χ1) is 15.5. The van der Waals surface area contributed by atoms with Crippen LogP contribution in [0.4, 0.5) is 23.5 Å². The molecule has 34 heavy (non-hydrogen) atoms. The monoisotopic (exact) mass is 521 g/mol. The average Bonchev–Trinajstić information content (AvgIpc) is 2.77. The fourth-order valence-electron chi connectivity index (χ4n) is 3.76. The van der Waals surface area contributed by atoms with Gasteiger partial charge in [-0.25, -0.2) is 17.8 Å². The summed E-state index contributed by atoms with van der Waals surface area (Å²) in [5, 5.41) is 3.48. The van der Waals surface area contributed by atoms with Crippen LogP contribution in [0.2, 0.25) is 0 Å². The lowest BCUT2D eigenvalue weighted by molar-refractivity contribution is -0.0494. The van der Waals surface area contributed by atoms with Gasteiger partial charge in [-0.1, -0.05) is 18.2 Å². The molecule has 0 aliphatic carbocycles. The Balaban J connectivity index is 0.00000324. The molecule has 3 aromatic rings. The molecule has 184 valence electrons. The minimum absolute atomic E-state index is 0. The number of fused-ring (bicyclic) bond motifs is 1. The van der Waals surface area contributed by atoms with Crippen molar-refractivity contribution in [2.75, 3.05) is 18.4 Å². The van der Waals surface area contributed by atoms with Crippen LogP contribution in [-0.2, 0) is 17.1 Å². The molecule has 1 N–H and O–H groups in total. The predicted octanol–water partition coefficient (Wildman–Crippen LogP) is 3.28. The molecular weight excluding hydrogens is 502 g/mol. The van der Waals surface area contributed by atoms with Gasteiger partial charge in [0.1, 0.15) is 11.5 Å². The van der Waals surface area contributed by atoms with Crippen molar-refractivity contribution < 1.29 is 26.0 Å². The number of anilines is 1. The summed E-state index contributed by atoms with van der Waals surface area (Å²) in [6, 6.07) is 7.05. The number of pyridine rings is 1. The largest absolute Gasteiger partial charge is 0.511 e. The minimum atomic E-state index is -5.36. The van der Waals surface area contributed by atoms with Gasteiger partial charge in [0.2, 0.25) is 5.95 Å². The number of halogens is 5. The van der Waals surface area contributed by atoms with Crippen molar-refractivity contribution in [2.45, 2.75) is 24.4 Å². The Morgan fingerprint density at radius 2 is 1.76 bits per heavy atom. The fourth-order valence-corrected chi connectivity index (χ4v) is 4.74. The lowest BCUT2D eigenvalue weighted by atomic mass is 10.1. The van der Waals surface area contributed by atoms with Crippen molar-refractivity contribution in [2.24, 2.45) is 7.05 Å². The third-order valence-corrected chi connectivity index (χ3v) is 7.16. The van der Waals surface area contributed by atoms with Crippen LogP contribution in [-0.4, -0.2) is 51.9 Å². The second-order valence-electron chi connectivity index (χ2n) is 7.64. The molecule has 8 nitrogen and oxygen atoms in total. The second kappa shape index (κ2) is 9.47. The van der Waals surface area contributed by atoms with Crippen molar-refractivity contribution in [3.05, 3.63) is 52.7 Å². The molecule has 2 aromatic heterocycles. The maximum absolute atomic E-state index is 14.2. The summed E-state index contributed by atoms with van der Waals surface area (Å²) >= 11 is 0. The van der Waals surface area contributed by atoms with E-state index < -0.39 is 26.9 Å². The van der Waals surface area contributed by atoms with Crippen molar-refractivity contribution in [3.63, 3.8) is 0 Å². The summed E-state index contributed by atoms with van der Waals surface area (Å²) in [6.45, 7) is -0.588. The highest BCUT2D eigenvalue weighted by atomic mass is 35.5. The van der Waals surface area contributed by atoms with Gasteiger partial charge in [0.25, 0.3) is 5.56 Å². The third-order valence-electron chi connectivity index (χ3n) is 5.53. The molecule has 0 saturated carbocycles. The SMILES string of the molecule is Cl.Cn1c(=O)c(-c2ccccc2F)cc2cnc(NC3CCN(S(=O)(=O)C(F)(F)F)CC3)nc21. The zero-order chi connectivity index (χ0) is 24.0. The van der Waals surface area contributed by atoms with Crippen molar-refractivity contribution >= 4 is 39.4 Å². The van der Waals surface area contributed by atoms with E-state index in [1.807, 2.05) is 0 Å². The molecule has 4 rings (SSSR count). The first-order valence-corrected chi connectivity index (χ1v) is 11.4. The van der Waals surface area contributed by atoms with Crippen molar-refractivity contribution in [3.8, 4) is 11.1 Å². The van der Waals surface area contributed by atoms with Crippen LogP contribution in [0.15, 0.2) is 41.3 Å². The number of piperidine rings is 1. The fraction of sp³-hybridized carbons (Fsp3) is 0.350. The normalized spacial score (nSPS) is 15.8. The summed E-state index contributed by atoms with van der Waals surface area (Å²) in [5.74, 6) is -0.389. The molecule has 1 fully saturated rings. The Kier molecular flexibility index (Phi) is 7.20. The number of aryl methyl sites for hydroxylation is 1. The first kappa shape index (κ1) is 25.8. The lowest BCUT2D eigenvalue weighted by Crippen LogP contribution is -2.47. The summed E-state index contributed by atoms with van der Waals surface area (Å²) in [4.78, 5) is 21.3. The Bertz CT molecular complexity index is 1370. The molecule has 0 unspecified atom stereocenters. The topological polar surface area (TPSA) is 97.2 Å². The zero-order valence-electron chi connectivity index (χ0n) is 17.7. The van der Waals surface area contributed by atoms with Gasteiger partial charge in [-0.2, -0.15) is 22.5 Å². The number of alkyl halides is 3. The summed E-state index contributed by atoms with van der Waals surface area (Å²) in [5.41, 5.74) is -5.19. The maximum atomic E-state index is 14.2. The Labute approximate surface area is 198 Å². The summed E-state index contributed by atoms with van der Waals surface area (Å²) in [6.07, 6.45) is 1.71. The second-order valence-corrected chi connectivity index (χ2v) is 9.57. The Morgan fingerprint density at radius 3 is 2.38 bits per heavy atom. The maximum Gasteiger partial charge on any atom is 0.511 e. The molecule has 0 atom stereocenters. The van der Waals surface area contributed by atoms with Crippen LogP contribution < -0.4 is 10.9 Å². The predicted molar refractivity (Wildman–Crippen MR) is 121 cm³/mol. The average molecular weight is 522 g/mol. The van der Waals surface area contributed by atoms with E-state index in [4.69, 9.17) is 0 Å². The van der Waals surface area contributed by atoms with E-state index in [1.54, 1.807) is 6.07 Å². The van der Waals surface area contributed by atoms with E-state index in [0.717, 1.165) is 0 Å². The quantitative estimate of drug-likeness (QED) is 0.529. The molecule has 0 spiro atoms. The van der Waals surface area contributed by atoms with Crippen LogP contribution in [0, 0.1) is 5.82 Å². The number of hydrogen-bond donors (Lipinski definition) is 1. The molecule has 0 amide bonds. The van der Waals surface area contributed by atoms with E-state index >= 15 is 0 Å². The first-order valence-electron chi connectivity index (χ1n) is 9.93. The van der Waals surface area contributed by atoms with Gasteiger partial charge in [-0.15, -0.1) is 12.4 Å². The van der Waals surface area contributed by atoms with Crippen molar-refractivity contribution in [1.82, 2.24) is 18.8 Å². The smallest absolute Gasteiger partial charge is 0.351 e. The standard InChI is InChI=1S/C20H19F4N5O3S.ClH/c1-28-17-12(10-15(18(28)30)14-4-2-3-5-16(14)21)11-25-19(27-17)26-13-6-8-29(9-7-13)33(31,32)20(22,23)24;/h2-5,10-11,13H,6-9H2,1H3,(H,25,26,27);1H. The molecule has 0 bridgehead atoms. The minimum Gasteiger partial charge on any atom is -0.351 e. The highest BCUT2D eigenvalue weighted by molar-refractivity contribution is 7.90. The number of aromatic nitrogens is 3. The van der Waals surface area contributed by atoms with E-state index in [2.05, 4.69) is 15.3 Å². The molecule has 1 saturated heterocycles. The third kappa shape index (κ3) is 4.72. The van der Waals surface area contributed by atoms with Gasteiger partial charge < -0.3 is 5.32 Å². The van der Waals surface area contributed by atoms with Crippen LogP contribution in [0.1, 0.15) is 12.8 Å². The highest BCUT2D eigenvalue weighted by Gasteiger charge is 2.50. The van der Waals surface area contributed by atoms with Gasteiger partial charge in [0, 0.05) is 43.3 Å². The zero-order valence-corrected chi connectivity index (χ0v) is 19.3. The molecule has 0 radical (unpaired) electrons. The number of hydrogen-bond acceptors (Lipinski definition) is 6. The van der Waals surface area contributed by atoms with Gasteiger partial charge in [-0.3, -0.25) is 9.36 Å². The van der Waals surface area contributed by atoms with Crippen LogP contribution in [0.3, 0.4) is 0 Å². The Hall–Kier alpha value is -2.77. The van der Waals surface area contributed by atoms with Crippen molar-refractivity contribution in [1.29, 1.82) is 0 Å². The number of nitrogens with one attached hydrogen (secondary N) is 1. The lowest BCUT2D eigenvalue weighted by Gasteiger charge is -2.31. The number of rotatable bonds is 4. The number of sulfonamides is 1. The molecule has 1 aliphatic rings. The van der Waals surface area contributed by atoms with E-state index in [0.29, 0.717) is 9.69 Å². The molecule has 14 heteroatoms. The van der Waals surface area contributed by atoms with Crippen LogP contribution >= 0.6 is 12.4 Å². The molecule has 1 aromatic carbocycles. The number of nitrogens with zero attached hydrogens (tertiary/aromatic N) is 4. The van der Waals surface area contributed by atoms with Crippen LogP contribution in [0.5, 0.6) is 0 Å². The highest BCUT2D eigenvalue weighted by Crippen LogP contribution is 2.29. The van der Waals surface area contributed by atoms with E-state index in [1.165, 1.54) is 42.1 Å². The Morgan fingerprint density at radius 1 is 1.12 bits per heavy atom. The van der Waals surface area contributed by atoms with Gasteiger partial charge in [-0.05, 0) is 25.0 Å². The van der Waals surface area contributed by atoms with E-state index in [9.17, 15) is 30.8 Å². The number of benzene rings is 1. The molecular formula is C20H20ClF4N5O3S. The van der Waals surface area contributed by atoms with Gasteiger partial charge >= 0.3 is 15.5 Å².